The average molecular weight is 214 g/mol. The zero-order valence-corrected chi connectivity index (χ0v) is 9.26. The van der Waals surface area contributed by atoms with Crippen LogP contribution in [0.3, 0.4) is 0 Å². The van der Waals surface area contributed by atoms with E-state index in [4.69, 9.17) is 0 Å². The van der Waals surface area contributed by atoms with Crippen molar-refractivity contribution in [2.24, 2.45) is 0 Å². The number of pyridine rings is 2. The van der Waals surface area contributed by atoms with Gasteiger partial charge in [0.25, 0.3) is 5.56 Å². The van der Waals surface area contributed by atoms with Crippen molar-refractivity contribution in [2.75, 3.05) is 0 Å². The van der Waals surface area contributed by atoms with Crippen molar-refractivity contribution in [3.05, 3.63) is 64.3 Å². The van der Waals surface area contributed by atoms with Crippen LogP contribution in [0.15, 0.2) is 47.7 Å². The zero-order valence-electron chi connectivity index (χ0n) is 9.26. The molecule has 0 bridgehead atoms. The molecular formula is C13H14N2O. The van der Waals surface area contributed by atoms with Crippen LogP contribution < -0.4 is 5.56 Å². The van der Waals surface area contributed by atoms with Crippen molar-refractivity contribution < 1.29 is 0 Å². The Morgan fingerprint density at radius 1 is 1.12 bits per heavy atom. The fraction of sp³-hybridized carbons (Fsp3) is 0.231. The third-order valence-electron chi connectivity index (χ3n) is 2.56. The highest BCUT2D eigenvalue weighted by molar-refractivity contribution is 5.14. The number of rotatable bonds is 3. The normalized spacial score (nSPS) is 10.3. The van der Waals surface area contributed by atoms with Crippen LogP contribution in [0, 0.1) is 0 Å². The summed E-state index contributed by atoms with van der Waals surface area (Å²) in [6.45, 7) is 2.69. The summed E-state index contributed by atoms with van der Waals surface area (Å²) < 4.78 is 1.73. The Balaban J connectivity index is 2.31. The number of aromatic nitrogens is 2. The topological polar surface area (TPSA) is 34.9 Å². The minimum atomic E-state index is 0.0361. The SMILES string of the molecule is CCc1ccc(=O)n(Cc2ccncc2)c1. The van der Waals surface area contributed by atoms with Crippen LogP contribution in [0.1, 0.15) is 18.1 Å². The van der Waals surface area contributed by atoms with E-state index in [1.54, 1.807) is 23.0 Å². The summed E-state index contributed by atoms with van der Waals surface area (Å²) in [5.41, 5.74) is 2.30. The third kappa shape index (κ3) is 2.37. The number of hydrogen-bond acceptors (Lipinski definition) is 2. The summed E-state index contributed by atoms with van der Waals surface area (Å²) in [6, 6.07) is 7.35. The smallest absolute Gasteiger partial charge is 0.250 e. The van der Waals surface area contributed by atoms with Gasteiger partial charge in [-0.3, -0.25) is 9.78 Å². The highest BCUT2D eigenvalue weighted by Crippen LogP contribution is 2.01. The maximum atomic E-state index is 11.6. The average Bonchev–Trinajstić information content (AvgIpc) is 2.33. The Hall–Kier alpha value is -1.90. The van der Waals surface area contributed by atoms with Crippen molar-refractivity contribution in [1.29, 1.82) is 0 Å². The van der Waals surface area contributed by atoms with E-state index in [-0.39, 0.29) is 5.56 Å². The van der Waals surface area contributed by atoms with Gasteiger partial charge in [0.1, 0.15) is 0 Å². The minimum Gasteiger partial charge on any atom is -0.311 e. The summed E-state index contributed by atoms with van der Waals surface area (Å²) >= 11 is 0. The largest absolute Gasteiger partial charge is 0.311 e. The lowest BCUT2D eigenvalue weighted by Gasteiger charge is -2.07. The molecule has 2 aromatic rings. The van der Waals surface area contributed by atoms with E-state index in [1.807, 2.05) is 24.4 Å². The van der Waals surface area contributed by atoms with E-state index in [0.717, 1.165) is 12.0 Å². The van der Waals surface area contributed by atoms with Crippen LogP contribution in [0.2, 0.25) is 0 Å². The molecule has 0 radical (unpaired) electrons. The second kappa shape index (κ2) is 4.75. The highest BCUT2D eigenvalue weighted by Gasteiger charge is 1.98. The molecule has 3 heteroatoms. The molecule has 0 amide bonds. The Labute approximate surface area is 94.4 Å². The lowest BCUT2D eigenvalue weighted by Crippen LogP contribution is -2.19. The summed E-state index contributed by atoms with van der Waals surface area (Å²) in [7, 11) is 0. The second-order valence-corrected chi connectivity index (χ2v) is 3.71. The molecule has 0 N–H and O–H groups in total. The third-order valence-corrected chi connectivity index (χ3v) is 2.56. The van der Waals surface area contributed by atoms with E-state index in [2.05, 4.69) is 11.9 Å². The molecule has 0 aliphatic carbocycles. The van der Waals surface area contributed by atoms with Crippen LogP contribution in [-0.2, 0) is 13.0 Å². The molecule has 82 valence electrons. The van der Waals surface area contributed by atoms with Gasteiger partial charge in [0, 0.05) is 24.7 Å². The Morgan fingerprint density at radius 2 is 1.88 bits per heavy atom. The molecule has 16 heavy (non-hydrogen) atoms. The predicted molar refractivity (Wildman–Crippen MR) is 63.4 cm³/mol. The van der Waals surface area contributed by atoms with Crippen LogP contribution in [0.4, 0.5) is 0 Å². The van der Waals surface area contributed by atoms with E-state index in [9.17, 15) is 4.79 Å². The van der Waals surface area contributed by atoms with Crippen LogP contribution in [-0.4, -0.2) is 9.55 Å². The molecule has 3 nitrogen and oxygen atoms in total. The molecule has 0 saturated carbocycles. The fourth-order valence-electron chi connectivity index (χ4n) is 1.60. The standard InChI is InChI=1S/C13H14N2O/c1-2-11-3-4-13(16)15(9-11)10-12-5-7-14-8-6-12/h3-9H,2,10H2,1H3. The summed E-state index contributed by atoms with van der Waals surface area (Å²) in [5.74, 6) is 0. The number of aryl methyl sites for hydroxylation is 1. The Bertz CT molecular complexity index is 517. The number of hydrogen-bond donors (Lipinski definition) is 0. The monoisotopic (exact) mass is 214 g/mol. The lowest BCUT2D eigenvalue weighted by atomic mass is 10.2. The van der Waals surface area contributed by atoms with Crippen molar-refractivity contribution in [3.8, 4) is 0 Å². The van der Waals surface area contributed by atoms with Gasteiger partial charge in [0.15, 0.2) is 0 Å². The minimum absolute atomic E-state index is 0.0361. The van der Waals surface area contributed by atoms with Gasteiger partial charge in [0.05, 0.1) is 6.54 Å². The molecule has 2 aromatic heterocycles. The summed E-state index contributed by atoms with van der Waals surface area (Å²) in [4.78, 5) is 15.6. The van der Waals surface area contributed by atoms with E-state index < -0.39 is 0 Å². The molecule has 0 unspecified atom stereocenters. The zero-order chi connectivity index (χ0) is 11.4. The maximum Gasteiger partial charge on any atom is 0.250 e. The van der Waals surface area contributed by atoms with Gasteiger partial charge in [-0.2, -0.15) is 0 Å². The number of nitrogens with zero attached hydrogens (tertiary/aromatic N) is 2. The van der Waals surface area contributed by atoms with Gasteiger partial charge in [-0.25, -0.2) is 0 Å². The molecule has 2 rings (SSSR count). The first-order valence-electron chi connectivity index (χ1n) is 5.38. The van der Waals surface area contributed by atoms with Gasteiger partial charge in [-0.05, 0) is 29.7 Å². The second-order valence-electron chi connectivity index (χ2n) is 3.71. The lowest BCUT2D eigenvalue weighted by molar-refractivity contribution is 0.748. The van der Waals surface area contributed by atoms with Gasteiger partial charge >= 0.3 is 0 Å². The first-order valence-corrected chi connectivity index (χ1v) is 5.38. The van der Waals surface area contributed by atoms with Crippen molar-refractivity contribution in [3.63, 3.8) is 0 Å². The molecule has 0 saturated heterocycles. The van der Waals surface area contributed by atoms with E-state index in [0.29, 0.717) is 6.54 Å². The van der Waals surface area contributed by atoms with Gasteiger partial charge < -0.3 is 4.57 Å². The summed E-state index contributed by atoms with van der Waals surface area (Å²) in [6.07, 6.45) is 6.34. The van der Waals surface area contributed by atoms with Crippen molar-refractivity contribution in [1.82, 2.24) is 9.55 Å². The molecule has 2 heterocycles. The van der Waals surface area contributed by atoms with Gasteiger partial charge in [0.2, 0.25) is 0 Å². The van der Waals surface area contributed by atoms with E-state index >= 15 is 0 Å². The Kier molecular flexibility index (Phi) is 3.15. The van der Waals surface area contributed by atoms with Crippen molar-refractivity contribution in [2.45, 2.75) is 19.9 Å². The van der Waals surface area contributed by atoms with Gasteiger partial charge in [-0.1, -0.05) is 13.0 Å². The van der Waals surface area contributed by atoms with Crippen molar-refractivity contribution >= 4 is 0 Å². The maximum absolute atomic E-state index is 11.6. The Morgan fingerprint density at radius 3 is 2.56 bits per heavy atom. The van der Waals surface area contributed by atoms with E-state index in [1.165, 1.54) is 5.56 Å². The summed E-state index contributed by atoms with van der Waals surface area (Å²) in [5, 5.41) is 0. The first-order chi connectivity index (χ1) is 7.79. The quantitative estimate of drug-likeness (QED) is 0.781. The van der Waals surface area contributed by atoms with Crippen LogP contribution in [0.25, 0.3) is 0 Å². The van der Waals surface area contributed by atoms with Gasteiger partial charge in [-0.15, -0.1) is 0 Å². The fourth-order valence-corrected chi connectivity index (χ4v) is 1.60. The molecule has 0 aliphatic heterocycles. The van der Waals surface area contributed by atoms with Crippen LogP contribution >= 0.6 is 0 Å². The molecule has 0 atom stereocenters. The highest BCUT2D eigenvalue weighted by atomic mass is 16.1. The molecule has 0 aliphatic rings. The molecular weight excluding hydrogens is 200 g/mol. The predicted octanol–water partition coefficient (Wildman–Crippen LogP) is 1.85. The molecule has 0 spiro atoms. The molecule has 0 aromatic carbocycles. The first kappa shape index (κ1) is 10.6. The molecule has 0 fully saturated rings. The van der Waals surface area contributed by atoms with Crippen LogP contribution in [0.5, 0.6) is 0 Å².